The molecule has 0 aromatic rings. The van der Waals surface area contributed by atoms with Gasteiger partial charge >= 0.3 is 0 Å². The standard InChI is InChI=1S/C9H16N2O/c1-6-2-3-8-7(4-6)5-12-11-9(8)10/h5-6,8-9,11H,2-4,10H2,1H3. The first-order valence-corrected chi connectivity index (χ1v) is 4.63. The molecule has 2 rings (SSSR count). The van der Waals surface area contributed by atoms with Crippen LogP contribution in [0.25, 0.3) is 0 Å². The summed E-state index contributed by atoms with van der Waals surface area (Å²) in [6.07, 6.45) is 5.48. The maximum atomic E-state index is 5.86. The third kappa shape index (κ3) is 1.34. The van der Waals surface area contributed by atoms with Crippen molar-refractivity contribution in [3.05, 3.63) is 11.8 Å². The molecule has 0 radical (unpaired) electrons. The van der Waals surface area contributed by atoms with Gasteiger partial charge in [0.1, 0.15) is 6.26 Å². The Hall–Kier alpha value is -0.540. The molecule has 2 aliphatic rings. The number of rotatable bonds is 0. The second-order valence-corrected chi connectivity index (χ2v) is 3.95. The molecule has 12 heavy (non-hydrogen) atoms. The maximum Gasteiger partial charge on any atom is 0.110 e. The summed E-state index contributed by atoms with van der Waals surface area (Å²) in [6.45, 7) is 2.28. The zero-order valence-corrected chi connectivity index (χ0v) is 7.42. The Morgan fingerprint density at radius 3 is 3.25 bits per heavy atom. The second-order valence-electron chi connectivity index (χ2n) is 3.95. The van der Waals surface area contributed by atoms with Crippen molar-refractivity contribution in [3.8, 4) is 0 Å². The van der Waals surface area contributed by atoms with Crippen molar-refractivity contribution in [2.45, 2.75) is 32.4 Å². The quantitative estimate of drug-likeness (QED) is 0.570. The van der Waals surface area contributed by atoms with Crippen LogP contribution in [-0.2, 0) is 4.84 Å². The van der Waals surface area contributed by atoms with Crippen molar-refractivity contribution in [1.29, 1.82) is 0 Å². The van der Waals surface area contributed by atoms with Crippen LogP contribution in [0.2, 0.25) is 0 Å². The van der Waals surface area contributed by atoms with E-state index in [4.69, 9.17) is 10.6 Å². The van der Waals surface area contributed by atoms with Gasteiger partial charge in [0.05, 0.1) is 6.17 Å². The Morgan fingerprint density at radius 1 is 1.58 bits per heavy atom. The topological polar surface area (TPSA) is 47.3 Å². The van der Waals surface area contributed by atoms with Crippen LogP contribution >= 0.6 is 0 Å². The lowest BCUT2D eigenvalue weighted by Gasteiger charge is -2.35. The van der Waals surface area contributed by atoms with Gasteiger partial charge in [-0.1, -0.05) is 6.92 Å². The van der Waals surface area contributed by atoms with Gasteiger partial charge < -0.3 is 10.6 Å². The molecule has 1 heterocycles. The summed E-state index contributed by atoms with van der Waals surface area (Å²) in [5.74, 6) is 1.30. The summed E-state index contributed by atoms with van der Waals surface area (Å²) in [4.78, 5) is 5.06. The van der Waals surface area contributed by atoms with E-state index in [-0.39, 0.29) is 6.17 Å². The third-order valence-corrected chi connectivity index (χ3v) is 2.88. The first kappa shape index (κ1) is 8.08. The third-order valence-electron chi connectivity index (χ3n) is 2.88. The van der Waals surface area contributed by atoms with Gasteiger partial charge in [-0.3, -0.25) is 0 Å². The van der Waals surface area contributed by atoms with Gasteiger partial charge in [-0.2, -0.15) is 0 Å². The largest absolute Gasteiger partial charge is 0.415 e. The molecular formula is C9H16N2O. The molecule has 1 aliphatic heterocycles. The summed E-state index contributed by atoms with van der Waals surface area (Å²) in [5.41, 5.74) is 10.0. The molecule has 3 atom stereocenters. The smallest absolute Gasteiger partial charge is 0.110 e. The minimum absolute atomic E-state index is 0.00231. The average molecular weight is 168 g/mol. The Balaban J connectivity index is 2.11. The predicted molar refractivity (Wildman–Crippen MR) is 46.8 cm³/mol. The van der Waals surface area contributed by atoms with Crippen LogP contribution in [0.3, 0.4) is 0 Å². The number of hydroxylamine groups is 1. The van der Waals surface area contributed by atoms with Crippen LogP contribution in [0.15, 0.2) is 11.8 Å². The Bertz CT molecular complexity index is 203. The van der Waals surface area contributed by atoms with Crippen molar-refractivity contribution in [1.82, 2.24) is 5.48 Å². The van der Waals surface area contributed by atoms with Crippen LogP contribution in [0.4, 0.5) is 0 Å². The lowest BCUT2D eigenvalue weighted by Crippen LogP contribution is -2.47. The highest BCUT2D eigenvalue weighted by Crippen LogP contribution is 2.35. The van der Waals surface area contributed by atoms with Crippen LogP contribution in [0, 0.1) is 11.8 Å². The molecule has 3 heteroatoms. The Morgan fingerprint density at radius 2 is 2.42 bits per heavy atom. The SMILES string of the molecule is CC1CCC2C(=CONC2N)C1. The van der Waals surface area contributed by atoms with Crippen LogP contribution in [0.5, 0.6) is 0 Å². The van der Waals surface area contributed by atoms with Crippen molar-refractivity contribution >= 4 is 0 Å². The number of nitrogens with two attached hydrogens (primary N) is 1. The fraction of sp³-hybridized carbons (Fsp3) is 0.778. The van der Waals surface area contributed by atoms with Crippen LogP contribution < -0.4 is 11.2 Å². The highest BCUT2D eigenvalue weighted by molar-refractivity contribution is 5.11. The molecule has 3 N–H and O–H groups in total. The fourth-order valence-corrected chi connectivity index (χ4v) is 2.12. The van der Waals surface area contributed by atoms with E-state index in [1.165, 1.54) is 18.4 Å². The van der Waals surface area contributed by atoms with E-state index in [9.17, 15) is 0 Å². The molecule has 0 spiro atoms. The highest BCUT2D eigenvalue weighted by Gasteiger charge is 2.30. The van der Waals surface area contributed by atoms with Gasteiger partial charge in [0.25, 0.3) is 0 Å². The number of hydrogen-bond donors (Lipinski definition) is 2. The molecule has 0 bridgehead atoms. The zero-order valence-electron chi connectivity index (χ0n) is 7.42. The van der Waals surface area contributed by atoms with Gasteiger partial charge in [-0.25, -0.2) is 0 Å². The van der Waals surface area contributed by atoms with Crippen molar-refractivity contribution in [2.75, 3.05) is 0 Å². The minimum Gasteiger partial charge on any atom is -0.415 e. The summed E-state index contributed by atoms with van der Waals surface area (Å²) < 4.78 is 0. The predicted octanol–water partition coefficient (Wildman–Crippen LogP) is 1.13. The molecule has 1 aliphatic carbocycles. The first-order chi connectivity index (χ1) is 5.77. The molecule has 0 aromatic heterocycles. The molecule has 1 fully saturated rings. The molecule has 68 valence electrons. The average Bonchev–Trinajstić information content (AvgIpc) is 2.04. The molecule has 3 nitrogen and oxygen atoms in total. The molecule has 0 saturated heterocycles. The highest BCUT2D eigenvalue weighted by atomic mass is 16.6. The summed E-state index contributed by atoms with van der Waals surface area (Å²) in [7, 11) is 0. The minimum atomic E-state index is -0.00231. The molecule has 0 amide bonds. The lowest BCUT2D eigenvalue weighted by molar-refractivity contribution is 0.0485. The second kappa shape index (κ2) is 3.07. The van der Waals surface area contributed by atoms with E-state index in [0.29, 0.717) is 5.92 Å². The van der Waals surface area contributed by atoms with E-state index in [2.05, 4.69) is 12.4 Å². The van der Waals surface area contributed by atoms with E-state index < -0.39 is 0 Å². The number of hydrogen-bond acceptors (Lipinski definition) is 3. The molecular weight excluding hydrogens is 152 g/mol. The van der Waals surface area contributed by atoms with Crippen LogP contribution in [-0.4, -0.2) is 6.17 Å². The van der Waals surface area contributed by atoms with Crippen LogP contribution in [0.1, 0.15) is 26.2 Å². The lowest BCUT2D eigenvalue weighted by atomic mass is 9.78. The normalized spacial score (nSPS) is 41.2. The summed E-state index contributed by atoms with van der Waals surface area (Å²) in [5, 5.41) is 0. The van der Waals surface area contributed by atoms with Gasteiger partial charge in [0.2, 0.25) is 0 Å². The molecule has 3 unspecified atom stereocenters. The molecule has 0 aromatic carbocycles. The Labute approximate surface area is 72.9 Å². The monoisotopic (exact) mass is 168 g/mol. The Kier molecular flexibility index (Phi) is 2.07. The van der Waals surface area contributed by atoms with Crippen molar-refractivity contribution in [2.24, 2.45) is 17.6 Å². The van der Waals surface area contributed by atoms with Crippen molar-refractivity contribution < 1.29 is 4.84 Å². The molecule has 1 saturated carbocycles. The van der Waals surface area contributed by atoms with E-state index in [1.807, 2.05) is 6.26 Å². The van der Waals surface area contributed by atoms with Gasteiger partial charge in [-0.05, 0) is 30.8 Å². The van der Waals surface area contributed by atoms with Gasteiger partial charge in [-0.15, -0.1) is 5.48 Å². The summed E-state index contributed by atoms with van der Waals surface area (Å²) >= 11 is 0. The maximum absolute atomic E-state index is 5.86. The van der Waals surface area contributed by atoms with E-state index in [1.54, 1.807) is 0 Å². The zero-order chi connectivity index (χ0) is 8.55. The van der Waals surface area contributed by atoms with Gasteiger partial charge in [0.15, 0.2) is 0 Å². The van der Waals surface area contributed by atoms with E-state index in [0.717, 1.165) is 12.3 Å². The first-order valence-electron chi connectivity index (χ1n) is 4.63. The fourth-order valence-electron chi connectivity index (χ4n) is 2.12. The number of nitrogens with one attached hydrogen (secondary N) is 1. The summed E-state index contributed by atoms with van der Waals surface area (Å²) in [6, 6.07) is 0. The van der Waals surface area contributed by atoms with Gasteiger partial charge in [0, 0.05) is 5.92 Å². The number of fused-ring (bicyclic) bond motifs is 1. The van der Waals surface area contributed by atoms with E-state index >= 15 is 0 Å². The van der Waals surface area contributed by atoms with Crippen molar-refractivity contribution in [3.63, 3.8) is 0 Å².